The topological polar surface area (TPSA) is 44.5 Å². The first-order chi connectivity index (χ1) is 8.27. The molecule has 0 aromatic rings. The largest absolute Gasteiger partial charge is 0.379 e. The fourth-order valence-electron chi connectivity index (χ4n) is 2.60. The van der Waals surface area contributed by atoms with Crippen molar-refractivity contribution < 1.29 is 9.47 Å². The molecule has 0 amide bonds. The SMILES string of the molecule is CCCOCCOC1CC(CCC)CCC1N. The lowest BCUT2D eigenvalue weighted by Crippen LogP contribution is -2.42. The van der Waals surface area contributed by atoms with E-state index in [9.17, 15) is 0 Å². The van der Waals surface area contributed by atoms with E-state index in [0.717, 1.165) is 31.8 Å². The minimum Gasteiger partial charge on any atom is -0.379 e. The van der Waals surface area contributed by atoms with Gasteiger partial charge in [0.1, 0.15) is 0 Å². The van der Waals surface area contributed by atoms with Crippen LogP contribution >= 0.6 is 0 Å². The Labute approximate surface area is 106 Å². The van der Waals surface area contributed by atoms with E-state index in [4.69, 9.17) is 15.2 Å². The third kappa shape index (κ3) is 5.84. The van der Waals surface area contributed by atoms with Crippen LogP contribution in [0, 0.1) is 5.92 Å². The van der Waals surface area contributed by atoms with E-state index in [0.29, 0.717) is 13.2 Å². The van der Waals surface area contributed by atoms with E-state index in [1.165, 1.54) is 19.3 Å². The molecule has 102 valence electrons. The number of rotatable bonds is 8. The molecule has 0 aromatic heterocycles. The fraction of sp³-hybridized carbons (Fsp3) is 1.00. The molecule has 0 aliphatic heterocycles. The van der Waals surface area contributed by atoms with E-state index >= 15 is 0 Å². The van der Waals surface area contributed by atoms with Crippen LogP contribution in [0.1, 0.15) is 52.4 Å². The van der Waals surface area contributed by atoms with Crippen molar-refractivity contribution in [1.82, 2.24) is 0 Å². The van der Waals surface area contributed by atoms with Gasteiger partial charge in [-0.25, -0.2) is 0 Å². The van der Waals surface area contributed by atoms with Crippen molar-refractivity contribution in [3.8, 4) is 0 Å². The van der Waals surface area contributed by atoms with Crippen LogP contribution in [0.4, 0.5) is 0 Å². The summed E-state index contributed by atoms with van der Waals surface area (Å²) in [7, 11) is 0. The van der Waals surface area contributed by atoms with Crippen molar-refractivity contribution in [3.63, 3.8) is 0 Å². The summed E-state index contributed by atoms with van der Waals surface area (Å²) in [6, 6.07) is 0.231. The van der Waals surface area contributed by atoms with Gasteiger partial charge in [0.2, 0.25) is 0 Å². The van der Waals surface area contributed by atoms with Crippen LogP contribution in [0.2, 0.25) is 0 Å². The van der Waals surface area contributed by atoms with Crippen molar-refractivity contribution in [2.24, 2.45) is 11.7 Å². The van der Waals surface area contributed by atoms with Crippen molar-refractivity contribution in [2.45, 2.75) is 64.5 Å². The molecular weight excluding hydrogens is 214 g/mol. The molecule has 3 atom stereocenters. The third-order valence-corrected chi connectivity index (χ3v) is 3.56. The molecule has 17 heavy (non-hydrogen) atoms. The van der Waals surface area contributed by atoms with Gasteiger partial charge in [0.05, 0.1) is 19.3 Å². The maximum absolute atomic E-state index is 6.11. The highest BCUT2D eigenvalue weighted by molar-refractivity contribution is 4.83. The minimum atomic E-state index is 0.231. The Morgan fingerprint density at radius 1 is 1.06 bits per heavy atom. The Bertz CT molecular complexity index is 187. The van der Waals surface area contributed by atoms with Crippen LogP contribution < -0.4 is 5.73 Å². The molecule has 3 nitrogen and oxygen atoms in total. The van der Waals surface area contributed by atoms with E-state index in [2.05, 4.69) is 13.8 Å². The summed E-state index contributed by atoms with van der Waals surface area (Å²) >= 11 is 0. The first-order valence-corrected chi connectivity index (χ1v) is 7.22. The molecule has 3 unspecified atom stereocenters. The van der Waals surface area contributed by atoms with Crippen LogP contribution in [-0.4, -0.2) is 32.0 Å². The molecule has 2 N–H and O–H groups in total. The highest BCUT2D eigenvalue weighted by Gasteiger charge is 2.28. The number of ether oxygens (including phenoxy) is 2. The van der Waals surface area contributed by atoms with Gasteiger partial charge >= 0.3 is 0 Å². The average molecular weight is 243 g/mol. The van der Waals surface area contributed by atoms with E-state index in [-0.39, 0.29) is 12.1 Å². The van der Waals surface area contributed by atoms with Crippen molar-refractivity contribution in [2.75, 3.05) is 19.8 Å². The van der Waals surface area contributed by atoms with E-state index in [1.807, 2.05) is 0 Å². The van der Waals surface area contributed by atoms with Gasteiger partial charge < -0.3 is 15.2 Å². The van der Waals surface area contributed by atoms with Gasteiger partial charge in [0, 0.05) is 12.6 Å². The maximum atomic E-state index is 6.11. The van der Waals surface area contributed by atoms with Gasteiger partial charge in [0.25, 0.3) is 0 Å². The lowest BCUT2D eigenvalue weighted by Gasteiger charge is -2.34. The smallest absolute Gasteiger partial charge is 0.0729 e. The summed E-state index contributed by atoms with van der Waals surface area (Å²) in [4.78, 5) is 0. The van der Waals surface area contributed by atoms with Gasteiger partial charge in [-0.3, -0.25) is 0 Å². The molecule has 0 spiro atoms. The predicted molar refractivity (Wildman–Crippen MR) is 71.1 cm³/mol. The summed E-state index contributed by atoms with van der Waals surface area (Å²) in [6.45, 7) is 6.60. The zero-order valence-electron chi connectivity index (χ0n) is 11.5. The molecule has 1 fully saturated rings. The molecule has 0 aromatic carbocycles. The zero-order chi connectivity index (χ0) is 12.5. The quantitative estimate of drug-likeness (QED) is 0.667. The molecule has 3 heteroatoms. The molecule has 0 saturated heterocycles. The maximum Gasteiger partial charge on any atom is 0.0729 e. The molecule has 0 radical (unpaired) electrons. The second kappa shape index (κ2) is 8.90. The highest BCUT2D eigenvalue weighted by Crippen LogP contribution is 2.28. The first-order valence-electron chi connectivity index (χ1n) is 7.22. The van der Waals surface area contributed by atoms with Gasteiger partial charge in [-0.15, -0.1) is 0 Å². The van der Waals surface area contributed by atoms with Crippen molar-refractivity contribution >= 4 is 0 Å². The predicted octanol–water partition coefficient (Wildman–Crippen LogP) is 2.73. The van der Waals surface area contributed by atoms with Crippen LogP contribution in [0.5, 0.6) is 0 Å². The monoisotopic (exact) mass is 243 g/mol. The van der Waals surface area contributed by atoms with Crippen LogP contribution in [0.15, 0.2) is 0 Å². The van der Waals surface area contributed by atoms with Gasteiger partial charge in [-0.05, 0) is 31.6 Å². The molecular formula is C14H29NO2. The summed E-state index contributed by atoms with van der Waals surface area (Å²) in [6.07, 6.45) is 7.45. The van der Waals surface area contributed by atoms with Gasteiger partial charge in [0.15, 0.2) is 0 Å². The summed E-state index contributed by atoms with van der Waals surface area (Å²) < 4.78 is 11.3. The van der Waals surface area contributed by atoms with E-state index < -0.39 is 0 Å². The Morgan fingerprint density at radius 2 is 1.88 bits per heavy atom. The standard InChI is InChI=1S/C14H29NO2/c1-3-5-12-6-7-13(15)14(11-12)17-10-9-16-8-4-2/h12-14H,3-11,15H2,1-2H3. The number of hydrogen-bond donors (Lipinski definition) is 1. The Balaban J connectivity index is 2.15. The number of hydrogen-bond acceptors (Lipinski definition) is 3. The number of nitrogens with two attached hydrogens (primary N) is 1. The van der Waals surface area contributed by atoms with Crippen molar-refractivity contribution in [1.29, 1.82) is 0 Å². The molecule has 0 bridgehead atoms. The summed E-state index contributed by atoms with van der Waals surface area (Å²) in [5.74, 6) is 0.821. The molecule has 1 aliphatic carbocycles. The first kappa shape index (κ1) is 14.9. The average Bonchev–Trinajstić information content (AvgIpc) is 2.33. The normalized spacial score (nSPS) is 29.5. The minimum absolute atomic E-state index is 0.231. The summed E-state index contributed by atoms with van der Waals surface area (Å²) in [5, 5.41) is 0. The second-order valence-electron chi connectivity index (χ2n) is 5.15. The second-order valence-corrected chi connectivity index (χ2v) is 5.15. The van der Waals surface area contributed by atoms with Crippen molar-refractivity contribution in [3.05, 3.63) is 0 Å². The highest BCUT2D eigenvalue weighted by atomic mass is 16.5. The third-order valence-electron chi connectivity index (χ3n) is 3.56. The molecule has 1 rings (SSSR count). The van der Waals surface area contributed by atoms with Crippen LogP contribution in [0.25, 0.3) is 0 Å². The zero-order valence-corrected chi connectivity index (χ0v) is 11.5. The Hall–Kier alpha value is -0.120. The van der Waals surface area contributed by atoms with Gasteiger partial charge in [-0.2, -0.15) is 0 Å². The van der Waals surface area contributed by atoms with Gasteiger partial charge in [-0.1, -0.05) is 26.7 Å². The summed E-state index contributed by atoms with van der Waals surface area (Å²) in [5.41, 5.74) is 6.11. The van der Waals surface area contributed by atoms with E-state index in [1.54, 1.807) is 0 Å². The lowest BCUT2D eigenvalue weighted by atomic mass is 9.82. The molecule has 0 heterocycles. The Kier molecular flexibility index (Phi) is 7.82. The lowest BCUT2D eigenvalue weighted by molar-refractivity contribution is -0.0298. The molecule has 1 saturated carbocycles. The Morgan fingerprint density at radius 3 is 2.59 bits per heavy atom. The molecule has 1 aliphatic rings. The van der Waals surface area contributed by atoms with Crippen LogP contribution in [-0.2, 0) is 9.47 Å². The van der Waals surface area contributed by atoms with Crippen LogP contribution in [0.3, 0.4) is 0 Å². The fourth-order valence-corrected chi connectivity index (χ4v) is 2.60.